The summed E-state index contributed by atoms with van der Waals surface area (Å²) in [5, 5.41) is 29.7. The summed E-state index contributed by atoms with van der Waals surface area (Å²) < 4.78 is 0.606. The van der Waals surface area contributed by atoms with E-state index in [9.17, 15) is 0 Å². The van der Waals surface area contributed by atoms with Gasteiger partial charge in [0.1, 0.15) is 0 Å². The third-order valence-electron chi connectivity index (χ3n) is 1.76. The molecule has 0 amide bonds. The van der Waals surface area contributed by atoms with Crippen molar-refractivity contribution in [3.8, 4) is 0 Å². The largest absolute Gasteiger partial charge is 1.00 e. The molecule has 2 aromatic heterocycles. The molecule has 0 spiro atoms. The monoisotopic (exact) mass is 203 g/mol. The van der Waals surface area contributed by atoms with Crippen LogP contribution in [0.1, 0.15) is 0 Å². The van der Waals surface area contributed by atoms with Crippen LogP contribution in [0.4, 0.5) is 0 Å². The Morgan fingerprint density at radius 1 is 1.21 bits per heavy atom. The van der Waals surface area contributed by atoms with Crippen molar-refractivity contribution in [1.29, 1.82) is 0 Å². The minimum atomic E-state index is -3.49. The van der Waals surface area contributed by atoms with Crippen molar-refractivity contribution in [1.82, 2.24) is 4.98 Å². The van der Waals surface area contributed by atoms with Crippen LogP contribution in [0.15, 0.2) is 23.7 Å². The van der Waals surface area contributed by atoms with Gasteiger partial charge in [-0.15, -0.1) is 11.3 Å². The number of nitrogens with zero attached hydrogens (tertiary/aromatic N) is 1. The summed E-state index contributed by atoms with van der Waals surface area (Å²) in [5.74, 6) is 0. The first-order chi connectivity index (χ1) is 6.09. The van der Waals surface area contributed by atoms with Crippen LogP contribution in [0.5, 0.6) is 0 Å². The molecule has 0 unspecified atom stereocenters. The summed E-state index contributed by atoms with van der Waals surface area (Å²) in [6, 6.07) is 3.57. The van der Waals surface area contributed by atoms with Gasteiger partial charge in [0.25, 0.3) is 0 Å². The minimum absolute atomic E-state index is 0. The summed E-state index contributed by atoms with van der Waals surface area (Å²) in [6.45, 7) is -3.49. The summed E-state index contributed by atoms with van der Waals surface area (Å²) in [7, 11) is 0. The molecule has 3 N–H and O–H groups in total. The standard InChI is InChI=1S/C7H7BNO3S.Li/c10-8(11,12)7-6-5(1-3-9-7)2-4-13-6;/h1-4,10-12H;/q-1;+1. The molecule has 0 aliphatic heterocycles. The molecule has 0 aromatic carbocycles. The summed E-state index contributed by atoms with van der Waals surface area (Å²) in [6.07, 6.45) is 1.43. The fourth-order valence-corrected chi connectivity index (χ4v) is 2.15. The first-order valence-electron chi connectivity index (χ1n) is 3.73. The van der Waals surface area contributed by atoms with Gasteiger partial charge in [-0.05, 0) is 28.5 Å². The maximum Gasteiger partial charge on any atom is 1.00 e. The van der Waals surface area contributed by atoms with E-state index in [0.29, 0.717) is 4.70 Å². The predicted molar refractivity (Wildman–Crippen MR) is 51.7 cm³/mol. The quantitative estimate of drug-likeness (QED) is 0.419. The van der Waals surface area contributed by atoms with Gasteiger partial charge in [0, 0.05) is 10.9 Å². The Morgan fingerprint density at radius 2 is 1.93 bits per heavy atom. The molecule has 0 saturated heterocycles. The van der Waals surface area contributed by atoms with Crippen LogP contribution in [-0.4, -0.2) is 26.8 Å². The maximum absolute atomic E-state index is 9.02. The van der Waals surface area contributed by atoms with Crippen molar-refractivity contribution in [3.63, 3.8) is 0 Å². The van der Waals surface area contributed by atoms with E-state index in [1.807, 2.05) is 6.07 Å². The van der Waals surface area contributed by atoms with E-state index in [2.05, 4.69) is 4.98 Å². The van der Waals surface area contributed by atoms with Crippen molar-refractivity contribution in [3.05, 3.63) is 23.7 Å². The summed E-state index contributed by atoms with van der Waals surface area (Å²) in [4.78, 5) is 3.74. The fraction of sp³-hybridized carbons (Fsp3) is 0. The Hall–Kier alpha value is -0.348. The molecule has 0 aliphatic carbocycles. The molecule has 68 valence electrons. The van der Waals surface area contributed by atoms with Crippen LogP contribution in [0.2, 0.25) is 0 Å². The zero-order valence-electron chi connectivity index (χ0n) is 7.58. The second kappa shape index (κ2) is 4.03. The zero-order chi connectivity index (χ0) is 9.47. The van der Waals surface area contributed by atoms with Gasteiger partial charge in [-0.25, -0.2) is 0 Å². The maximum atomic E-state index is 9.02. The first kappa shape index (κ1) is 11.7. The van der Waals surface area contributed by atoms with E-state index in [-0.39, 0.29) is 24.5 Å². The number of thiophene rings is 1. The Balaban J connectivity index is 0.000000980. The van der Waals surface area contributed by atoms with Crippen molar-refractivity contribution in [2.75, 3.05) is 0 Å². The number of rotatable bonds is 1. The smallest absolute Gasteiger partial charge is 0.555 e. The Morgan fingerprint density at radius 3 is 2.57 bits per heavy atom. The Kier molecular flexibility index (Phi) is 3.37. The molecule has 0 aliphatic rings. The van der Waals surface area contributed by atoms with E-state index < -0.39 is 6.75 Å². The average molecular weight is 203 g/mol. The van der Waals surface area contributed by atoms with E-state index in [1.54, 1.807) is 11.4 Å². The zero-order valence-corrected chi connectivity index (χ0v) is 8.40. The normalized spacial score (nSPS) is 11.4. The molecule has 0 saturated carbocycles. The molecular formula is C7H7BLiNO3S. The molecule has 0 radical (unpaired) electrons. The van der Waals surface area contributed by atoms with E-state index in [1.165, 1.54) is 17.5 Å². The second-order valence-electron chi connectivity index (χ2n) is 2.77. The van der Waals surface area contributed by atoms with E-state index in [0.717, 1.165) is 5.39 Å². The van der Waals surface area contributed by atoms with E-state index in [4.69, 9.17) is 15.1 Å². The van der Waals surface area contributed by atoms with Crippen LogP contribution in [0.25, 0.3) is 10.1 Å². The third kappa shape index (κ3) is 2.01. The second-order valence-corrected chi connectivity index (χ2v) is 3.68. The Bertz CT molecular complexity index is 442. The molecular weight excluding hydrogens is 196 g/mol. The number of pyridine rings is 1. The molecule has 0 fully saturated rings. The van der Waals surface area contributed by atoms with Crippen LogP contribution in [0.3, 0.4) is 0 Å². The average Bonchev–Trinajstić information content (AvgIpc) is 2.48. The SMILES string of the molecule is O[B-](O)(O)c1nccc2ccsc12.[Li+]. The first-order valence-corrected chi connectivity index (χ1v) is 4.61. The van der Waals surface area contributed by atoms with Crippen LogP contribution >= 0.6 is 11.3 Å². The van der Waals surface area contributed by atoms with Gasteiger partial charge >= 0.3 is 25.6 Å². The molecule has 2 aromatic rings. The number of aromatic nitrogens is 1. The molecule has 7 heteroatoms. The van der Waals surface area contributed by atoms with Gasteiger partial charge in [0.05, 0.1) is 0 Å². The predicted octanol–water partition coefficient (Wildman–Crippen LogP) is -3.58. The van der Waals surface area contributed by atoms with Crippen LogP contribution < -0.4 is 24.5 Å². The molecule has 0 atom stereocenters. The van der Waals surface area contributed by atoms with Gasteiger partial charge in [-0.3, -0.25) is 4.98 Å². The van der Waals surface area contributed by atoms with E-state index >= 15 is 0 Å². The minimum Gasteiger partial charge on any atom is -0.555 e. The molecule has 4 nitrogen and oxygen atoms in total. The van der Waals surface area contributed by atoms with Gasteiger partial charge in [-0.1, -0.05) is 0 Å². The van der Waals surface area contributed by atoms with Gasteiger partial charge in [-0.2, -0.15) is 0 Å². The van der Waals surface area contributed by atoms with Crippen LogP contribution in [-0.2, 0) is 0 Å². The van der Waals surface area contributed by atoms with Crippen molar-refractivity contribution in [2.45, 2.75) is 0 Å². The topological polar surface area (TPSA) is 73.6 Å². The molecule has 0 bridgehead atoms. The summed E-state index contributed by atoms with van der Waals surface area (Å²) >= 11 is 1.31. The molecule has 2 heterocycles. The molecule has 2 rings (SSSR count). The van der Waals surface area contributed by atoms with Crippen molar-refractivity contribution in [2.24, 2.45) is 0 Å². The number of hydrogen-bond donors (Lipinski definition) is 3. The fourth-order valence-electron chi connectivity index (χ4n) is 1.19. The number of fused-ring (bicyclic) bond motifs is 1. The van der Waals surface area contributed by atoms with Gasteiger partial charge in [0.2, 0.25) is 0 Å². The van der Waals surface area contributed by atoms with Crippen molar-refractivity contribution >= 4 is 33.8 Å². The van der Waals surface area contributed by atoms with Crippen LogP contribution in [0, 0.1) is 0 Å². The Labute approximate surface area is 96.4 Å². The van der Waals surface area contributed by atoms with Gasteiger partial charge in [0.15, 0.2) is 0 Å². The number of hydrogen-bond acceptors (Lipinski definition) is 5. The third-order valence-corrected chi connectivity index (χ3v) is 2.72. The van der Waals surface area contributed by atoms with Gasteiger partial charge < -0.3 is 15.1 Å². The summed E-state index contributed by atoms with van der Waals surface area (Å²) in [5.41, 5.74) is -0.0625. The molecule has 14 heavy (non-hydrogen) atoms. The van der Waals surface area contributed by atoms with Crippen molar-refractivity contribution < 1.29 is 33.9 Å².